The van der Waals surface area contributed by atoms with E-state index >= 15 is 0 Å². The number of hydrogen-bond acceptors (Lipinski definition) is 2. The van der Waals surface area contributed by atoms with Crippen LogP contribution in [0.1, 0.15) is 24.4 Å². The third-order valence-corrected chi connectivity index (χ3v) is 4.63. The maximum Gasteiger partial charge on any atom is 0.118 e. The minimum absolute atomic E-state index is 0.294. The van der Waals surface area contributed by atoms with Crippen LogP contribution in [0.4, 0.5) is 5.69 Å². The number of methoxy groups -OCH3 is 1. The Bertz CT molecular complexity index is 625. The fourth-order valence-electron chi connectivity index (χ4n) is 2.49. The molecule has 0 amide bonds. The Kier molecular flexibility index (Phi) is 4.41. The minimum atomic E-state index is 0.294. The molecule has 1 fully saturated rings. The summed E-state index contributed by atoms with van der Waals surface area (Å²) in [6.07, 6.45) is 2.52. The van der Waals surface area contributed by atoms with Crippen LogP contribution >= 0.6 is 27.5 Å². The summed E-state index contributed by atoms with van der Waals surface area (Å²) in [5.41, 5.74) is 2.24. The highest BCUT2D eigenvalue weighted by atomic mass is 79.9. The van der Waals surface area contributed by atoms with Crippen LogP contribution in [0.5, 0.6) is 5.75 Å². The van der Waals surface area contributed by atoms with Crippen LogP contribution in [-0.2, 0) is 0 Å². The SMILES string of the molecule is COc1ccc(C(Nc2cc(Br)ccc2Cl)C2CC2)cc1. The number of ether oxygens (including phenoxy) is 1. The van der Waals surface area contributed by atoms with Crippen LogP contribution in [0.3, 0.4) is 0 Å². The second kappa shape index (κ2) is 6.29. The van der Waals surface area contributed by atoms with E-state index < -0.39 is 0 Å². The summed E-state index contributed by atoms with van der Waals surface area (Å²) in [6.45, 7) is 0. The van der Waals surface area contributed by atoms with E-state index in [9.17, 15) is 0 Å². The Morgan fingerprint density at radius 1 is 1.19 bits per heavy atom. The molecule has 2 aromatic carbocycles. The number of hydrogen-bond donors (Lipinski definition) is 1. The van der Waals surface area contributed by atoms with Crippen molar-refractivity contribution in [1.29, 1.82) is 0 Å². The van der Waals surface area contributed by atoms with Gasteiger partial charge in [0.2, 0.25) is 0 Å². The van der Waals surface area contributed by atoms with Crippen molar-refractivity contribution in [2.45, 2.75) is 18.9 Å². The summed E-state index contributed by atoms with van der Waals surface area (Å²) in [5.74, 6) is 1.56. The standard InChI is InChI=1S/C17H17BrClNO/c1-21-14-7-4-12(5-8-14)17(11-2-3-11)20-16-10-13(18)6-9-15(16)19/h4-11,17,20H,2-3H2,1H3. The lowest BCUT2D eigenvalue weighted by Gasteiger charge is -2.21. The number of anilines is 1. The van der Waals surface area contributed by atoms with E-state index in [1.165, 1.54) is 18.4 Å². The van der Waals surface area contributed by atoms with Crippen molar-refractivity contribution in [2.75, 3.05) is 12.4 Å². The number of benzene rings is 2. The van der Waals surface area contributed by atoms with Crippen LogP contribution in [0.25, 0.3) is 0 Å². The molecule has 0 aliphatic heterocycles. The fourth-order valence-corrected chi connectivity index (χ4v) is 3.02. The first-order valence-electron chi connectivity index (χ1n) is 7.03. The molecule has 0 bridgehead atoms. The van der Waals surface area contributed by atoms with Crippen LogP contribution in [-0.4, -0.2) is 7.11 Å². The topological polar surface area (TPSA) is 21.3 Å². The lowest BCUT2D eigenvalue weighted by Crippen LogP contribution is -2.13. The Labute approximate surface area is 138 Å². The van der Waals surface area contributed by atoms with Gasteiger partial charge < -0.3 is 10.1 Å². The van der Waals surface area contributed by atoms with Crippen molar-refractivity contribution in [2.24, 2.45) is 5.92 Å². The maximum absolute atomic E-state index is 6.30. The second-order valence-corrected chi connectivity index (χ2v) is 6.68. The second-order valence-electron chi connectivity index (χ2n) is 5.36. The van der Waals surface area contributed by atoms with Crippen LogP contribution < -0.4 is 10.1 Å². The Hall–Kier alpha value is -1.19. The fraction of sp³-hybridized carbons (Fsp3) is 0.294. The zero-order valence-electron chi connectivity index (χ0n) is 11.8. The smallest absolute Gasteiger partial charge is 0.118 e. The molecule has 0 saturated heterocycles. The lowest BCUT2D eigenvalue weighted by molar-refractivity contribution is 0.414. The predicted octanol–water partition coefficient (Wildman–Crippen LogP) is 5.67. The molecule has 2 aromatic rings. The van der Waals surface area contributed by atoms with E-state index in [1.807, 2.05) is 30.3 Å². The first-order chi connectivity index (χ1) is 10.2. The largest absolute Gasteiger partial charge is 0.497 e. The molecule has 1 atom stereocenters. The van der Waals surface area contributed by atoms with Crippen molar-refractivity contribution in [3.05, 3.63) is 57.5 Å². The number of halogens is 2. The third kappa shape index (κ3) is 3.53. The zero-order chi connectivity index (χ0) is 14.8. The van der Waals surface area contributed by atoms with E-state index in [0.717, 1.165) is 20.9 Å². The van der Waals surface area contributed by atoms with E-state index in [1.54, 1.807) is 7.11 Å². The van der Waals surface area contributed by atoms with Gasteiger partial charge in [0.25, 0.3) is 0 Å². The predicted molar refractivity (Wildman–Crippen MR) is 91.2 cm³/mol. The minimum Gasteiger partial charge on any atom is -0.497 e. The molecule has 0 aromatic heterocycles. The number of nitrogens with one attached hydrogen (secondary N) is 1. The molecule has 110 valence electrons. The van der Waals surface area contributed by atoms with Gasteiger partial charge in [0.1, 0.15) is 5.75 Å². The van der Waals surface area contributed by atoms with Crippen LogP contribution in [0.2, 0.25) is 5.02 Å². The zero-order valence-corrected chi connectivity index (χ0v) is 14.1. The van der Waals surface area contributed by atoms with Gasteiger partial charge in [-0.2, -0.15) is 0 Å². The molecule has 2 nitrogen and oxygen atoms in total. The molecule has 3 rings (SSSR count). The Morgan fingerprint density at radius 3 is 2.52 bits per heavy atom. The van der Waals surface area contributed by atoms with Crippen molar-refractivity contribution < 1.29 is 4.74 Å². The highest BCUT2D eigenvalue weighted by Gasteiger charge is 2.32. The summed E-state index contributed by atoms with van der Waals surface area (Å²) >= 11 is 9.80. The monoisotopic (exact) mass is 365 g/mol. The molecule has 1 aliphatic carbocycles. The van der Waals surface area contributed by atoms with Gasteiger partial charge in [0.15, 0.2) is 0 Å². The first-order valence-corrected chi connectivity index (χ1v) is 8.20. The van der Waals surface area contributed by atoms with Crippen molar-refractivity contribution in [3.63, 3.8) is 0 Å². The summed E-state index contributed by atoms with van der Waals surface area (Å²) in [7, 11) is 1.69. The summed E-state index contributed by atoms with van der Waals surface area (Å²) in [5, 5.41) is 4.35. The van der Waals surface area contributed by atoms with Crippen molar-refractivity contribution in [1.82, 2.24) is 0 Å². The van der Waals surface area contributed by atoms with Gasteiger partial charge in [-0.15, -0.1) is 0 Å². The van der Waals surface area contributed by atoms with Gasteiger partial charge in [0.05, 0.1) is 23.9 Å². The van der Waals surface area contributed by atoms with Gasteiger partial charge in [-0.05, 0) is 54.7 Å². The molecule has 1 aliphatic rings. The Morgan fingerprint density at radius 2 is 1.90 bits per heavy atom. The quantitative estimate of drug-likeness (QED) is 0.735. The average molecular weight is 367 g/mol. The van der Waals surface area contributed by atoms with Crippen LogP contribution in [0.15, 0.2) is 46.9 Å². The van der Waals surface area contributed by atoms with Gasteiger partial charge >= 0.3 is 0 Å². The van der Waals surface area contributed by atoms with Gasteiger partial charge in [0, 0.05) is 4.47 Å². The van der Waals surface area contributed by atoms with E-state index in [2.05, 4.69) is 33.4 Å². The molecule has 0 radical (unpaired) electrons. The summed E-state index contributed by atoms with van der Waals surface area (Å²) < 4.78 is 6.26. The van der Waals surface area contributed by atoms with Gasteiger partial charge in [-0.1, -0.05) is 39.7 Å². The molecular formula is C17H17BrClNO. The van der Waals surface area contributed by atoms with E-state index in [-0.39, 0.29) is 0 Å². The van der Waals surface area contributed by atoms with Gasteiger partial charge in [-0.3, -0.25) is 0 Å². The molecule has 21 heavy (non-hydrogen) atoms. The number of rotatable bonds is 5. The first kappa shape index (κ1) is 14.7. The van der Waals surface area contributed by atoms with E-state index in [0.29, 0.717) is 12.0 Å². The van der Waals surface area contributed by atoms with Gasteiger partial charge in [-0.25, -0.2) is 0 Å². The highest BCUT2D eigenvalue weighted by Crippen LogP contribution is 2.44. The van der Waals surface area contributed by atoms with Crippen LogP contribution in [0, 0.1) is 5.92 Å². The lowest BCUT2D eigenvalue weighted by atomic mass is 10.0. The summed E-state index contributed by atoms with van der Waals surface area (Å²) in [6, 6.07) is 14.5. The molecule has 4 heteroatoms. The molecular weight excluding hydrogens is 350 g/mol. The van der Waals surface area contributed by atoms with E-state index in [4.69, 9.17) is 16.3 Å². The summed E-state index contributed by atoms with van der Waals surface area (Å²) in [4.78, 5) is 0. The maximum atomic E-state index is 6.30. The van der Waals surface area contributed by atoms with Crippen molar-refractivity contribution >= 4 is 33.2 Å². The Balaban J connectivity index is 1.86. The molecule has 1 N–H and O–H groups in total. The average Bonchev–Trinajstić information content (AvgIpc) is 3.33. The highest BCUT2D eigenvalue weighted by molar-refractivity contribution is 9.10. The molecule has 0 spiro atoms. The molecule has 1 saturated carbocycles. The third-order valence-electron chi connectivity index (χ3n) is 3.81. The molecule has 1 unspecified atom stereocenters. The normalized spacial score (nSPS) is 15.6. The molecule has 0 heterocycles. The van der Waals surface area contributed by atoms with Crippen molar-refractivity contribution in [3.8, 4) is 5.75 Å².